The fraction of sp³-hybridized carbons (Fsp3) is 0.118. The van der Waals surface area contributed by atoms with Gasteiger partial charge in [-0.3, -0.25) is 9.36 Å². The lowest BCUT2D eigenvalue weighted by Crippen LogP contribution is -1.97. The van der Waals surface area contributed by atoms with Crippen LogP contribution in [0.5, 0.6) is 0 Å². The molecule has 0 radical (unpaired) electrons. The molecule has 0 atom stereocenters. The third-order valence-electron chi connectivity index (χ3n) is 3.70. The topological polar surface area (TPSA) is 58.7 Å². The summed E-state index contributed by atoms with van der Waals surface area (Å²) in [6, 6.07) is 11.3. The van der Waals surface area contributed by atoms with E-state index in [-0.39, 0.29) is 0 Å². The van der Waals surface area contributed by atoms with E-state index < -0.39 is 0 Å². The van der Waals surface area contributed by atoms with Crippen molar-refractivity contribution >= 4 is 17.3 Å². The van der Waals surface area contributed by atoms with E-state index in [0.717, 1.165) is 23.0 Å². The first-order valence-electron chi connectivity index (χ1n) is 6.58. The molecule has 1 heterocycles. The molecule has 3 aromatic rings. The Kier molecular flexibility index (Phi) is 3.03. The summed E-state index contributed by atoms with van der Waals surface area (Å²) >= 11 is 0. The molecule has 2 aromatic carbocycles. The molecular formula is C17H13N3O. The van der Waals surface area contributed by atoms with Crippen LogP contribution in [0.15, 0.2) is 36.7 Å². The number of hydrogen-bond acceptors (Lipinski definition) is 3. The second-order valence-corrected chi connectivity index (χ2v) is 5.05. The Hall–Kier alpha value is -2.93. The number of aryl methyl sites for hydroxylation is 2. The van der Waals surface area contributed by atoms with Gasteiger partial charge in [-0.15, -0.1) is 0 Å². The number of fused-ring (bicyclic) bond motifs is 1. The summed E-state index contributed by atoms with van der Waals surface area (Å²) in [5.41, 5.74) is 5.88. The van der Waals surface area contributed by atoms with Crippen molar-refractivity contribution in [2.45, 2.75) is 13.8 Å². The maximum Gasteiger partial charge on any atom is 0.150 e. The fourth-order valence-electron chi connectivity index (χ4n) is 2.38. The third kappa shape index (κ3) is 2.09. The SMILES string of the molecule is Cc1cc2ncn(-c3ccc(C=O)cc3C#N)c2cc1C. The number of hydrogen-bond donors (Lipinski definition) is 0. The highest BCUT2D eigenvalue weighted by molar-refractivity contribution is 5.81. The number of imidazole rings is 1. The average molecular weight is 275 g/mol. The molecule has 1 aromatic heterocycles. The summed E-state index contributed by atoms with van der Waals surface area (Å²) < 4.78 is 1.88. The lowest BCUT2D eigenvalue weighted by molar-refractivity contribution is 0.112. The Balaban J connectivity index is 2.28. The lowest BCUT2D eigenvalue weighted by atomic mass is 10.1. The van der Waals surface area contributed by atoms with Gasteiger partial charge in [0.05, 0.1) is 22.3 Å². The molecule has 21 heavy (non-hydrogen) atoms. The molecule has 0 fully saturated rings. The average Bonchev–Trinajstić information content (AvgIpc) is 2.89. The zero-order chi connectivity index (χ0) is 15.0. The number of carbonyl (C=O) groups excluding carboxylic acids is 1. The molecular weight excluding hydrogens is 262 g/mol. The van der Waals surface area contributed by atoms with Crippen LogP contribution < -0.4 is 0 Å². The molecule has 0 N–H and O–H groups in total. The Morgan fingerprint density at radius 1 is 1.19 bits per heavy atom. The van der Waals surface area contributed by atoms with Gasteiger partial charge in [-0.1, -0.05) is 0 Å². The summed E-state index contributed by atoms with van der Waals surface area (Å²) in [4.78, 5) is 15.2. The van der Waals surface area contributed by atoms with Crippen molar-refractivity contribution in [3.8, 4) is 11.8 Å². The summed E-state index contributed by atoms with van der Waals surface area (Å²) in [6.07, 6.45) is 2.45. The molecule has 0 unspecified atom stereocenters. The second-order valence-electron chi connectivity index (χ2n) is 5.05. The number of aldehydes is 1. The van der Waals surface area contributed by atoms with Gasteiger partial charge in [-0.25, -0.2) is 4.98 Å². The minimum Gasteiger partial charge on any atom is -0.298 e. The van der Waals surface area contributed by atoms with E-state index >= 15 is 0 Å². The molecule has 0 spiro atoms. The summed E-state index contributed by atoms with van der Waals surface area (Å²) in [5.74, 6) is 0. The predicted molar refractivity (Wildman–Crippen MR) is 80.6 cm³/mol. The lowest BCUT2D eigenvalue weighted by Gasteiger charge is -2.08. The number of nitrogens with zero attached hydrogens (tertiary/aromatic N) is 3. The monoisotopic (exact) mass is 275 g/mol. The molecule has 0 bridgehead atoms. The summed E-state index contributed by atoms with van der Waals surface area (Å²) in [5, 5.41) is 9.31. The molecule has 0 aliphatic carbocycles. The fourth-order valence-corrected chi connectivity index (χ4v) is 2.38. The zero-order valence-electron chi connectivity index (χ0n) is 11.8. The van der Waals surface area contributed by atoms with E-state index in [1.807, 2.05) is 24.5 Å². The van der Waals surface area contributed by atoms with Gasteiger partial charge in [0.25, 0.3) is 0 Å². The number of aromatic nitrogens is 2. The maximum absolute atomic E-state index is 10.8. The largest absolute Gasteiger partial charge is 0.298 e. The number of carbonyl (C=O) groups is 1. The van der Waals surface area contributed by atoms with E-state index in [9.17, 15) is 10.1 Å². The van der Waals surface area contributed by atoms with Crippen LogP contribution in [0.25, 0.3) is 16.7 Å². The Bertz CT molecular complexity index is 900. The maximum atomic E-state index is 10.8. The molecule has 3 rings (SSSR count). The van der Waals surface area contributed by atoms with Crippen molar-refractivity contribution in [2.24, 2.45) is 0 Å². The van der Waals surface area contributed by atoms with Crippen LogP contribution in [-0.2, 0) is 0 Å². The van der Waals surface area contributed by atoms with E-state index in [1.165, 1.54) is 11.1 Å². The van der Waals surface area contributed by atoms with Crippen LogP contribution in [0.4, 0.5) is 0 Å². The standard InChI is InChI=1S/C17H13N3O/c1-11-5-15-17(6-12(11)2)20(10-19-15)16-4-3-13(9-21)7-14(16)8-18/h3-7,9-10H,1-2H3. The molecule has 4 nitrogen and oxygen atoms in total. The normalized spacial score (nSPS) is 10.5. The highest BCUT2D eigenvalue weighted by atomic mass is 16.1. The predicted octanol–water partition coefficient (Wildman–Crippen LogP) is 3.33. The highest BCUT2D eigenvalue weighted by Crippen LogP contribution is 2.24. The van der Waals surface area contributed by atoms with E-state index in [1.54, 1.807) is 24.5 Å². The number of rotatable bonds is 2. The minimum absolute atomic E-state index is 0.456. The number of benzene rings is 2. The Labute approximate surface area is 122 Å². The molecule has 0 aliphatic rings. The first-order valence-corrected chi connectivity index (χ1v) is 6.58. The van der Waals surface area contributed by atoms with Crippen molar-refractivity contribution < 1.29 is 4.79 Å². The molecule has 0 aliphatic heterocycles. The molecule has 4 heteroatoms. The van der Waals surface area contributed by atoms with Crippen molar-refractivity contribution in [1.29, 1.82) is 5.26 Å². The Morgan fingerprint density at radius 3 is 2.67 bits per heavy atom. The molecule has 0 saturated carbocycles. The third-order valence-corrected chi connectivity index (χ3v) is 3.70. The molecule has 0 saturated heterocycles. The van der Waals surface area contributed by atoms with E-state index in [4.69, 9.17) is 0 Å². The van der Waals surface area contributed by atoms with Gasteiger partial charge in [-0.2, -0.15) is 5.26 Å². The first kappa shape index (κ1) is 13.1. The quantitative estimate of drug-likeness (QED) is 0.674. The minimum atomic E-state index is 0.456. The van der Waals surface area contributed by atoms with Crippen LogP contribution >= 0.6 is 0 Å². The molecule has 0 amide bonds. The van der Waals surface area contributed by atoms with Gasteiger partial charge >= 0.3 is 0 Å². The van der Waals surface area contributed by atoms with Crippen LogP contribution in [0, 0.1) is 25.2 Å². The van der Waals surface area contributed by atoms with Crippen molar-refractivity contribution in [2.75, 3.05) is 0 Å². The highest BCUT2D eigenvalue weighted by Gasteiger charge is 2.10. The summed E-state index contributed by atoms with van der Waals surface area (Å²) in [7, 11) is 0. The Morgan fingerprint density at radius 2 is 1.95 bits per heavy atom. The van der Waals surface area contributed by atoms with Crippen molar-refractivity contribution in [1.82, 2.24) is 9.55 Å². The van der Waals surface area contributed by atoms with E-state index in [0.29, 0.717) is 11.1 Å². The van der Waals surface area contributed by atoms with Gasteiger partial charge < -0.3 is 0 Å². The van der Waals surface area contributed by atoms with Gasteiger partial charge in [-0.05, 0) is 55.3 Å². The van der Waals surface area contributed by atoms with Crippen LogP contribution in [0.3, 0.4) is 0 Å². The molecule has 102 valence electrons. The van der Waals surface area contributed by atoms with Gasteiger partial charge in [0.2, 0.25) is 0 Å². The smallest absolute Gasteiger partial charge is 0.150 e. The van der Waals surface area contributed by atoms with Crippen molar-refractivity contribution in [3.63, 3.8) is 0 Å². The van der Waals surface area contributed by atoms with Gasteiger partial charge in [0.1, 0.15) is 18.7 Å². The summed E-state index contributed by atoms with van der Waals surface area (Å²) in [6.45, 7) is 4.10. The number of nitriles is 1. The second kappa shape index (κ2) is 4.88. The van der Waals surface area contributed by atoms with Gasteiger partial charge in [0, 0.05) is 5.56 Å². The van der Waals surface area contributed by atoms with Crippen LogP contribution in [0.1, 0.15) is 27.0 Å². The zero-order valence-corrected chi connectivity index (χ0v) is 11.8. The van der Waals surface area contributed by atoms with Crippen molar-refractivity contribution in [3.05, 3.63) is 58.9 Å². The van der Waals surface area contributed by atoms with Gasteiger partial charge in [0.15, 0.2) is 0 Å². The van der Waals surface area contributed by atoms with E-state index in [2.05, 4.69) is 17.1 Å². The van der Waals surface area contributed by atoms with Crippen LogP contribution in [-0.4, -0.2) is 15.8 Å². The van der Waals surface area contributed by atoms with Crippen LogP contribution in [0.2, 0.25) is 0 Å². The first-order chi connectivity index (χ1) is 10.1.